The van der Waals surface area contributed by atoms with Crippen molar-refractivity contribution in [2.75, 3.05) is 31.9 Å². The first-order valence-corrected chi connectivity index (χ1v) is 11.0. The number of carbonyl (C=O) groups is 1. The number of amides is 1. The average Bonchev–Trinajstić information content (AvgIpc) is 2.69. The van der Waals surface area contributed by atoms with Gasteiger partial charge in [0.25, 0.3) is 0 Å². The molecule has 0 atom stereocenters. The van der Waals surface area contributed by atoms with E-state index in [2.05, 4.69) is 0 Å². The zero-order valence-electron chi connectivity index (χ0n) is 14.5. The number of hydrogen-bond acceptors (Lipinski definition) is 4. The molecule has 138 valence electrons. The normalized spacial score (nSPS) is 15.8. The lowest BCUT2D eigenvalue weighted by molar-refractivity contribution is -0.131. The van der Waals surface area contributed by atoms with Crippen LogP contribution in [0.5, 0.6) is 0 Å². The summed E-state index contributed by atoms with van der Waals surface area (Å²) in [4.78, 5) is 15.6. The Balaban J connectivity index is 1.48. The van der Waals surface area contributed by atoms with Gasteiger partial charge in [0, 0.05) is 43.2 Å². The number of hydrogen-bond donors (Lipinski definition) is 0. The molecule has 0 N–H and O–H groups in total. The Labute approximate surface area is 159 Å². The van der Waals surface area contributed by atoms with Gasteiger partial charge in [0.1, 0.15) is 0 Å². The molecular weight excluding hydrogens is 368 g/mol. The Morgan fingerprint density at radius 1 is 0.885 bits per heavy atom. The molecule has 1 heterocycles. The van der Waals surface area contributed by atoms with Crippen LogP contribution in [0, 0.1) is 0 Å². The Morgan fingerprint density at radius 2 is 1.46 bits per heavy atom. The number of carbonyl (C=O) groups excluding carboxylic acids is 1. The molecule has 2 aromatic carbocycles. The molecule has 0 bridgehead atoms. The van der Waals surface area contributed by atoms with E-state index in [9.17, 15) is 13.2 Å². The third-order valence-electron chi connectivity index (χ3n) is 4.30. The van der Waals surface area contributed by atoms with E-state index in [4.69, 9.17) is 0 Å². The summed E-state index contributed by atoms with van der Waals surface area (Å²) in [6, 6.07) is 18.4. The minimum Gasteiger partial charge on any atom is -0.340 e. The Hall–Kier alpha value is -1.83. The third kappa shape index (κ3) is 4.66. The average molecular weight is 391 g/mol. The predicted octanol–water partition coefficient (Wildman–Crippen LogP) is 2.70. The van der Waals surface area contributed by atoms with Crippen LogP contribution in [0.3, 0.4) is 0 Å². The molecule has 0 aromatic heterocycles. The smallest absolute Gasteiger partial charge is 0.243 e. The zero-order valence-corrected chi connectivity index (χ0v) is 16.1. The highest BCUT2D eigenvalue weighted by atomic mass is 32.2. The molecule has 0 spiro atoms. The lowest BCUT2D eigenvalue weighted by Crippen LogP contribution is -2.50. The van der Waals surface area contributed by atoms with Gasteiger partial charge >= 0.3 is 0 Å². The van der Waals surface area contributed by atoms with Crippen molar-refractivity contribution in [2.45, 2.75) is 16.2 Å². The highest BCUT2D eigenvalue weighted by Crippen LogP contribution is 2.20. The van der Waals surface area contributed by atoms with E-state index >= 15 is 0 Å². The summed E-state index contributed by atoms with van der Waals surface area (Å²) < 4.78 is 26.7. The van der Waals surface area contributed by atoms with E-state index in [-0.39, 0.29) is 5.91 Å². The third-order valence-corrected chi connectivity index (χ3v) is 7.23. The second-order valence-electron chi connectivity index (χ2n) is 6.01. The summed E-state index contributed by atoms with van der Waals surface area (Å²) in [7, 11) is -3.47. The van der Waals surface area contributed by atoms with Crippen LogP contribution in [0.4, 0.5) is 0 Å². The SMILES string of the molecule is O=C(CCSc1ccccc1)N1CCN(S(=O)(=O)c2ccccc2)CC1. The molecule has 1 aliphatic heterocycles. The zero-order chi connectivity index (χ0) is 18.4. The van der Waals surface area contributed by atoms with Crippen molar-refractivity contribution >= 4 is 27.7 Å². The van der Waals surface area contributed by atoms with Crippen molar-refractivity contribution in [3.8, 4) is 0 Å². The van der Waals surface area contributed by atoms with E-state index in [0.29, 0.717) is 37.5 Å². The Bertz CT molecular complexity index is 818. The van der Waals surface area contributed by atoms with Gasteiger partial charge in [-0.05, 0) is 24.3 Å². The van der Waals surface area contributed by atoms with E-state index < -0.39 is 10.0 Å². The first-order valence-electron chi connectivity index (χ1n) is 8.58. The van der Waals surface area contributed by atoms with Crippen LogP contribution in [0.15, 0.2) is 70.5 Å². The maximum atomic E-state index is 12.6. The molecule has 0 aliphatic carbocycles. The van der Waals surface area contributed by atoms with Crippen LogP contribution in [0.2, 0.25) is 0 Å². The number of benzene rings is 2. The van der Waals surface area contributed by atoms with Crippen LogP contribution in [0.1, 0.15) is 6.42 Å². The number of nitrogens with zero attached hydrogens (tertiary/aromatic N) is 2. The van der Waals surface area contributed by atoms with Gasteiger partial charge < -0.3 is 4.90 Å². The standard InChI is InChI=1S/C19H22N2O3S2/c22-19(11-16-25-17-7-3-1-4-8-17)20-12-14-21(15-13-20)26(23,24)18-9-5-2-6-10-18/h1-10H,11-16H2. The fraction of sp³-hybridized carbons (Fsp3) is 0.316. The fourth-order valence-corrected chi connectivity index (χ4v) is 5.16. The number of rotatable bonds is 6. The topological polar surface area (TPSA) is 57.7 Å². The van der Waals surface area contributed by atoms with Gasteiger partial charge in [0.05, 0.1) is 4.90 Å². The number of sulfonamides is 1. The van der Waals surface area contributed by atoms with E-state index in [1.165, 1.54) is 4.31 Å². The Kier molecular flexibility index (Phi) is 6.34. The van der Waals surface area contributed by atoms with Gasteiger partial charge in [-0.2, -0.15) is 4.31 Å². The first-order chi connectivity index (χ1) is 12.6. The summed E-state index contributed by atoms with van der Waals surface area (Å²) in [6.07, 6.45) is 0.463. The van der Waals surface area contributed by atoms with Gasteiger partial charge in [0.15, 0.2) is 0 Å². The molecule has 5 nitrogen and oxygen atoms in total. The van der Waals surface area contributed by atoms with Gasteiger partial charge in [0.2, 0.25) is 15.9 Å². The highest BCUT2D eigenvalue weighted by molar-refractivity contribution is 7.99. The van der Waals surface area contributed by atoms with Crippen LogP contribution >= 0.6 is 11.8 Å². The minimum atomic E-state index is -3.47. The van der Waals surface area contributed by atoms with Crippen molar-refractivity contribution in [1.82, 2.24) is 9.21 Å². The molecule has 0 saturated carbocycles. The summed E-state index contributed by atoms with van der Waals surface area (Å²) in [5, 5.41) is 0. The number of thioether (sulfide) groups is 1. The van der Waals surface area contributed by atoms with Crippen molar-refractivity contribution < 1.29 is 13.2 Å². The molecule has 1 saturated heterocycles. The summed E-state index contributed by atoms with van der Waals surface area (Å²) >= 11 is 1.66. The van der Waals surface area contributed by atoms with Crippen molar-refractivity contribution in [2.24, 2.45) is 0 Å². The largest absolute Gasteiger partial charge is 0.340 e. The van der Waals surface area contributed by atoms with Gasteiger partial charge in [-0.1, -0.05) is 36.4 Å². The maximum absolute atomic E-state index is 12.6. The van der Waals surface area contributed by atoms with Crippen LogP contribution < -0.4 is 0 Å². The predicted molar refractivity (Wildman–Crippen MR) is 104 cm³/mol. The molecule has 2 aromatic rings. The second kappa shape index (κ2) is 8.70. The van der Waals surface area contributed by atoms with Gasteiger partial charge in [-0.25, -0.2) is 8.42 Å². The fourth-order valence-electron chi connectivity index (χ4n) is 2.85. The van der Waals surface area contributed by atoms with Gasteiger partial charge in [-0.3, -0.25) is 4.79 Å². The molecule has 3 rings (SSSR count). The molecule has 1 fully saturated rings. The summed E-state index contributed by atoms with van der Waals surface area (Å²) in [5.41, 5.74) is 0. The molecule has 1 aliphatic rings. The monoisotopic (exact) mass is 390 g/mol. The Morgan fingerprint density at radius 3 is 2.08 bits per heavy atom. The summed E-state index contributed by atoms with van der Waals surface area (Å²) in [6.45, 7) is 1.57. The van der Waals surface area contributed by atoms with E-state index in [1.807, 2.05) is 30.3 Å². The molecule has 0 unspecified atom stereocenters. The summed E-state index contributed by atoms with van der Waals surface area (Å²) in [5.74, 6) is 0.816. The molecular formula is C19H22N2O3S2. The van der Waals surface area contributed by atoms with Gasteiger partial charge in [-0.15, -0.1) is 11.8 Å². The van der Waals surface area contributed by atoms with Crippen molar-refractivity contribution in [1.29, 1.82) is 0 Å². The molecule has 0 radical (unpaired) electrons. The minimum absolute atomic E-state index is 0.0881. The van der Waals surface area contributed by atoms with Crippen LogP contribution in [0.25, 0.3) is 0 Å². The molecule has 7 heteroatoms. The van der Waals surface area contributed by atoms with Crippen LogP contribution in [-0.4, -0.2) is 55.5 Å². The lowest BCUT2D eigenvalue weighted by atomic mass is 10.3. The molecule has 26 heavy (non-hydrogen) atoms. The van der Waals surface area contributed by atoms with E-state index in [0.717, 1.165) is 10.6 Å². The lowest BCUT2D eigenvalue weighted by Gasteiger charge is -2.34. The van der Waals surface area contributed by atoms with Crippen molar-refractivity contribution in [3.05, 3.63) is 60.7 Å². The van der Waals surface area contributed by atoms with Crippen molar-refractivity contribution in [3.63, 3.8) is 0 Å². The highest BCUT2D eigenvalue weighted by Gasteiger charge is 2.29. The number of piperazine rings is 1. The van der Waals surface area contributed by atoms with Crippen LogP contribution in [-0.2, 0) is 14.8 Å². The second-order valence-corrected chi connectivity index (χ2v) is 9.12. The molecule has 1 amide bonds. The quantitative estimate of drug-likeness (QED) is 0.712. The van der Waals surface area contributed by atoms with E-state index in [1.54, 1.807) is 47.0 Å². The first kappa shape index (κ1) is 18.9. The maximum Gasteiger partial charge on any atom is 0.243 e.